The van der Waals surface area contributed by atoms with E-state index >= 15 is 0 Å². The van der Waals surface area contributed by atoms with Gasteiger partial charge in [-0.05, 0) is 23.3 Å². The van der Waals surface area contributed by atoms with E-state index in [1.807, 2.05) is 30.3 Å². The van der Waals surface area contributed by atoms with Gasteiger partial charge in [-0.1, -0.05) is 42.5 Å². The monoisotopic (exact) mass is 275 g/mol. The van der Waals surface area contributed by atoms with E-state index in [-0.39, 0.29) is 25.0 Å². The van der Waals surface area contributed by atoms with Gasteiger partial charge < -0.3 is 15.5 Å². The molecule has 0 heterocycles. The molecule has 4 heteroatoms. The zero-order chi connectivity index (χ0) is 14.4. The summed E-state index contributed by atoms with van der Waals surface area (Å²) in [4.78, 5) is 0. The zero-order valence-corrected chi connectivity index (χ0v) is 11.0. The van der Waals surface area contributed by atoms with Crippen LogP contribution in [0.1, 0.15) is 23.3 Å². The molecule has 3 nitrogen and oxygen atoms in total. The van der Waals surface area contributed by atoms with Crippen molar-refractivity contribution < 1.29 is 14.6 Å². The molecule has 0 aromatic heterocycles. The molecule has 20 heavy (non-hydrogen) atoms. The molecule has 0 aliphatic rings. The summed E-state index contributed by atoms with van der Waals surface area (Å²) in [5.74, 6) is -0.372. The van der Waals surface area contributed by atoms with Crippen LogP contribution in [-0.2, 0) is 0 Å². The Balaban J connectivity index is 1.96. The Kier molecular flexibility index (Phi) is 5.24. The third-order valence-electron chi connectivity index (χ3n) is 3.18. The van der Waals surface area contributed by atoms with Gasteiger partial charge >= 0.3 is 0 Å². The van der Waals surface area contributed by atoms with Gasteiger partial charge in [-0.25, -0.2) is 4.39 Å². The topological polar surface area (TPSA) is 52.5 Å². The average Bonchev–Trinajstić information content (AvgIpc) is 2.49. The van der Waals surface area contributed by atoms with E-state index in [1.165, 1.54) is 12.1 Å². The second-order valence-corrected chi connectivity index (χ2v) is 4.62. The van der Waals surface area contributed by atoms with Gasteiger partial charge in [0.15, 0.2) is 0 Å². The van der Waals surface area contributed by atoms with Crippen LogP contribution in [0.5, 0.6) is 0 Å². The summed E-state index contributed by atoms with van der Waals surface area (Å²) in [5, 5.41) is 22.5. The molecule has 0 aliphatic heterocycles. The van der Waals surface area contributed by atoms with E-state index in [0.717, 1.165) is 5.56 Å². The lowest BCUT2D eigenvalue weighted by molar-refractivity contribution is 0.158. The van der Waals surface area contributed by atoms with E-state index < -0.39 is 6.10 Å². The standard InChI is InChI=1S/C16H18FNO2/c17-14-8-4-7-13(9-14)16(20)10-18-15(11-19)12-5-2-1-3-6-12/h1-9,15-16,18-20H,10-11H2. The molecule has 2 unspecified atom stereocenters. The number of aliphatic hydroxyl groups is 2. The Morgan fingerprint density at radius 2 is 1.70 bits per heavy atom. The molecular weight excluding hydrogens is 257 g/mol. The number of rotatable bonds is 6. The maximum absolute atomic E-state index is 13.1. The van der Waals surface area contributed by atoms with Gasteiger partial charge in [0.05, 0.1) is 18.8 Å². The van der Waals surface area contributed by atoms with Crippen LogP contribution >= 0.6 is 0 Å². The maximum atomic E-state index is 13.1. The number of benzene rings is 2. The van der Waals surface area contributed by atoms with Crippen molar-refractivity contribution in [2.24, 2.45) is 0 Å². The predicted molar refractivity (Wildman–Crippen MR) is 75.6 cm³/mol. The molecule has 2 aromatic rings. The molecule has 0 fully saturated rings. The smallest absolute Gasteiger partial charge is 0.123 e. The number of halogens is 1. The van der Waals surface area contributed by atoms with E-state index in [2.05, 4.69) is 5.32 Å². The molecule has 0 aliphatic carbocycles. The minimum Gasteiger partial charge on any atom is -0.394 e. The third-order valence-corrected chi connectivity index (χ3v) is 3.18. The average molecular weight is 275 g/mol. The van der Waals surface area contributed by atoms with Crippen molar-refractivity contribution in [2.75, 3.05) is 13.2 Å². The summed E-state index contributed by atoms with van der Waals surface area (Å²) < 4.78 is 13.1. The van der Waals surface area contributed by atoms with Crippen LogP contribution in [0.3, 0.4) is 0 Å². The van der Waals surface area contributed by atoms with Gasteiger partial charge in [0, 0.05) is 6.54 Å². The quantitative estimate of drug-likeness (QED) is 0.757. The van der Waals surface area contributed by atoms with Gasteiger partial charge in [-0.3, -0.25) is 0 Å². The molecule has 0 saturated heterocycles. The molecule has 0 spiro atoms. The van der Waals surface area contributed by atoms with Gasteiger partial charge in [0.1, 0.15) is 5.82 Å². The molecule has 2 rings (SSSR count). The second-order valence-electron chi connectivity index (χ2n) is 4.62. The van der Waals surface area contributed by atoms with Crippen LogP contribution < -0.4 is 5.32 Å². The van der Waals surface area contributed by atoms with Crippen LogP contribution in [0.4, 0.5) is 4.39 Å². The highest BCUT2D eigenvalue weighted by atomic mass is 19.1. The molecule has 0 radical (unpaired) electrons. The largest absolute Gasteiger partial charge is 0.394 e. The van der Waals surface area contributed by atoms with Gasteiger partial charge in [0.25, 0.3) is 0 Å². The first-order valence-corrected chi connectivity index (χ1v) is 6.53. The SMILES string of the molecule is OCC(NCC(O)c1cccc(F)c1)c1ccccc1. The molecule has 0 saturated carbocycles. The Morgan fingerprint density at radius 1 is 1.00 bits per heavy atom. The summed E-state index contributed by atoms with van der Waals surface area (Å²) in [7, 11) is 0. The van der Waals surface area contributed by atoms with Crippen LogP contribution in [0.25, 0.3) is 0 Å². The number of nitrogens with one attached hydrogen (secondary N) is 1. The van der Waals surface area contributed by atoms with E-state index in [0.29, 0.717) is 5.56 Å². The van der Waals surface area contributed by atoms with Crippen LogP contribution in [0, 0.1) is 5.82 Å². The molecule has 0 amide bonds. The fourth-order valence-corrected chi connectivity index (χ4v) is 2.06. The van der Waals surface area contributed by atoms with Crippen molar-refractivity contribution in [3.05, 3.63) is 71.5 Å². The highest BCUT2D eigenvalue weighted by Crippen LogP contribution is 2.16. The summed E-state index contributed by atoms with van der Waals surface area (Å²) in [6.07, 6.45) is -0.816. The lowest BCUT2D eigenvalue weighted by atomic mass is 10.1. The van der Waals surface area contributed by atoms with Crippen molar-refractivity contribution in [1.82, 2.24) is 5.32 Å². The van der Waals surface area contributed by atoms with Crippen LogP contribution in [-0.4, -0.2) is 23.4 Å². The molecular formula is C16H18FNO2. The van der Waals surface area contributed by atoms with Crippen molar-refractivity contribution in [2.45, 2.75) is 12.1 Å². The molecule has 0 bridgehead atoms. The van der Waals surface area contributed by atoms with Gasteiger partial charge in [-0.2, -0.15) is 0 Å². The number of hydrogen-bond acceptors (Lipinski definition) is 3. The first kappa shape index (κ1) is 14.7. The van der Waals surface area contributed by atoms with Crippen molar-refractivity contribution in [1.29, 1.82) is 0 Å². The van der Waals surface area contributed by atoms with E-state index in [1.54, 1.807) is 12.1 Å². The fourth-order valence-electron chi connectivity index (χ4n) is 2.06. The molecule has 3 N–H and O–H groups in total. The van der Waals surface area contributed by atoms with Crippen molar-refractivity contribution in [3.63, 3.8) is 0 Å². The molecule has 2 atom stereocenters. The fraction of sp³-hybridized carbons (Fsp3) is 0.250. The Morgan fingerprint density at radius 3 is 2.35 bits per heavy atom. The lowest BCUT2D eigenvalue weighted by Crippen LogP contribution is -2.28. The first-order chi connectivity index (χ1) is 9.70. The predicted octanol–water partition coefficient (Wildman–Crippen LogP) is 2.18. The Bertz CT molecular complexity index is 533. The third kappa shape index (κ3) is 3.87. The zero-order valence-electron chi connectivity index (χ0n) is 11.0. The normalized spacial score (nSPS) is 13.9. The minimum absolute atomic E-state index is 0.0696. The van der Waals surface area contributed by atoms with E-state index in [4.69, 9.17) is 0 Å². The molecule has 106 valence electrons. The van der Waals surface area contributed by atoms with Gasteiger partial charge in [0.2, 0.25) is 0 Å². The Labute approximate surface area is 117 Å². The lowest BCUT2D eigenvalue weighted by Gasteiger charge is -2.19. The summed E-state index contributed by atoms with van der Waals surface area (Å²) in [5.41, 5.74) is 1.46. The summed E-state index contributed by atoms with van der Waals surface area (Å²) in [6, 6.07) is 15.1. The van der Waals surface area contributed by atoms with Crippen LogP contribution in [0.15, 0.2) is 54.6 Å². The second kappa shape index (κ2) is 7.14. The maximum Gasteiger partial charge on any atom is 0.123 e. The minimum atomic E-state index is -0.816. The number of aliphatic hydroxyl groups excluding tert-OH is 2. The molecule has 2 aromatic carbocycles. The van der Waals surface area contributed by atoms with Gasteiger partial charge in [-0.15, -0.1) is 0 Å². The van der Waals surface area contributed by atoms with E-state index in [9.17, 15) is 14.6 Å². The van der Waals surface area contributed by atoms with Crippen LogP contribution in [0.2, 0.25) is 0 Å². The van der Waals surface area contributed by atoms with Crippen molar-refractivity contribution in [3.8, 4) is 0 Å². The highest BCUT2D eigenvalue weighted by molar-refractivity contribution is 5.21. The summed E-state index contributed by atoms with van der Waals surface area (Å²) in [6.45, 7) is 0.170. The Hall–Kier alpha value is -1.75. The summed E-state index contributed by atoms with van der Waals surface area (Å²) >= 11 is 0. The first-order valence-electron chi connectivity index (χ1n) is 6.53. The highest BCUT2D eigenvalue weighted by Gasteiger charge is 2.13. The number of hydrogen-bond donors (Lipinski definition) is 3. The van der Waals surface area contributed by atoms with Crippen molar-refractivity contribution >= 4 is 0 Å².